The van der Waals surface area contributed by atoms with Crippen molar-refractivity contribution in [2.75, 3.05) is 6.54 Å². The van der Waals surface area contributed by atoms with E-state index in [1.807, 2.05) is 11.4 Å². The van der Waals surface area contributed by atoms with Gasteiger partial charge in [-0.2, -0.15) is 4.31 Å². The third-order valence-corrected chi connectivity index (χ3v) is 6.09. The number of thiazole rings is 1. The Hall–Kier alpha value is -1.24. The summed E-state index contributed by atoms with van der Waals surface area (Å²) in [6, 6.07) is 8.51. The first-order chi connectivity index (χ1) is 9.19. The van der Waals surface area contributed by atoms with Crippen molar-refractivity contribution in [3.8, 4) is 0 Å². The quantitative estimate of drug-likeness (QED) is 0.874. The van der Waals surface area contributed by atoms with E-state index in [0.717, 1.165) is 17.8 Å². The zero-order valence-corrected chi connectivity index (χ0v) is 11.9. The fraction of sp³-hybridized carbons (Fsp3) is 0.308. The third kappa shape index (κ3) is 2.31. The fourth-order valence-corrected chi connectivity index (χ4v) is 4.93. The van der Waals surface area contributed by atoms with Crippen LogP contribution in [-0.4, -0.2) is 24.3 Å². The van der Waals surface area contributed by atoms with Gasteiger partial charge in [0.1, 0.15) is 5.01 Å². The van der Waals surface area contributed by atoms with Crippen LogP contribution in [0.25, 0.3) is 0 Å². The Bertz CT molecular complexity index is 639. The van der Waals surface area contributed by atoms with E-state index in [-0.39, 0.29) is 6.04 Å². The van der Waals surface area contributed by atoms with E-state index >= 15 is 0 Å². The van der Waals surface area contributed by atoms with Gasteiger partial charge >= 0.3 is 0 Å². The number of hydrogen-bond donors (Lipinski definition) is 0. The molecule has 1 aromatic carbocycles. The molecule has 1 aromatic heterocycles. The Kier molecular flexibility index (Phi) is 3.38. The van der Waals surface area contributed by atoms with Crippen molar-refractivity contribution < 1.29 is 8.42 Å². The summed E-state index contributed by atoms with van der Waals surface area (Å²) in [4.78, 5) is 4.63. The van der Waals surface area contributed by atoms with E-state index in [1.54, 1.807) is 34.8 Å². The van der Waals surface area contributed by atoms with E-state index in [9.17, 15) is 8.42 Å². The second-order valence-electron chi connectivity index (χ2n) is 4.46. The smallest absolute Gasteiger partial charge is 0.243 e. The number of hydrogen-bond acceptors (Lipinski definition) is 4. The minimum absolute atomic E-state index is 0.106. The summed E-state index contributed by atoms with van der Waals surface area (Å²) >= 11 is 1.52. The van der Waals surface area contributed by atoms with E-state index in [2.05, 4.69) is 4.98 Å². The molecule has 100 valence electrons. The molecule has 1 unspecified atom stereocenters. The van der Waals surface area contributed by atoms with Crippen molar-refractivity contribution in [2.24, 2.45) is 0 Å². The van der Waals surface area contributed by atoms with E-state index in [0.29, 0.717) is 11.4 Å². The lowest BCUT2D eigenvalue weighted by atomic mass is 10.2. The van der Waals surface area contributed by atoms with Crippen LogP contribution in [-0.2, 0) is 10.0 Å². The number of sulfonamides is 1. The fourth-order valence-electron chi connectivity index (χ4n) is 2.40. The highest BCUT2D eigenvalue weighted by atomic mass is 32.2. The molecule has 2 aromatic rings. The lowest BCUT2D eigenvalue weighted by molar-refractivity contribution is 0.395. The molecule has 0 N–H and O–H groups in total. The number of rotatable bonds is 3. The van der Waals surface area contributed by atoms with Crippen molar-refractivity contribution in [1.82, 2.24) is 9.29 Å². The highest BCUT2D eigenvalue weighted by Gasteiger charge is 2.37. The topological polar surface area (TPSA) is 50.3 Å². The van der Waals surface area contributed by atoms with Gasteiger partial charge in [-0.05, 0) is 25.0 Å². The summed E-state index contributed by atoms with van der Waals surface area (Å²) in [7, 11) is -3.41. The summed E-state index contributed by atoms with van der Waals surface area (Å²) in [6.07, 6.45) is 3.46. The van der Waals surface area contributed by atoms with Crippen molar-refractivity contribution >= 4 is 21.4 Å². The first kappa shape index (κ1) is 12.8. The second-order valence-corrected chi connectivity index (χ2v) is 7.27. The first-order valence-electron chi connectivity index (χ1n) is 6.16. The molecule has 19 heavy (non-hydrogen) atoms. The summed E-state index contributed by atoms with van der Waals surface area (Å²) in [5.41, 5.74) is 0. The van der Waals surface area contributed by atoms with Gasteiger partial charge in [0.15, 0.2) is 0 Å². The number of benzene rings is 1. The summed E-state index contributed by atoms with van der Waals surface area (Å²) in [5, 5.41) is 2.78. The monoisotopic (exact) mass is 294 g/mol. The number of aromatic nitrogens is 1. The van der Waals surface area contributed by atoms with Gasteiger partial charge in [0.2, 0.25) is 10.0 Å². The highest BCUT2D eigenvalue weighted by molar-refractivity contribution is 7.89. The van der Waals surface area contributed by atoms with Crippen LogP contribution in [0.4, 0.5) is 0 Å². The molecule has 2 heterocycles. The highest BCUT2D eigenvalue weighted by Crippen LogP contribution is 2.37. The summed E-state index contributed by atoms with van der Waals surface area (Å²) < 4.78 is 26.9. The Morgan fingerprint density at radius 3 is 2.74 bits per heavy atom. The van der Waals surface area contributed by atoms with E-state index in [1.165, 1.54) is 11.3 Å². The molecule has 3 rings (SSSR count). The minimum atomic E-state index is -3.41. The predicted octanol–water partition coefficient (Wildman–Crippen LogP) is 2.67. The molecule has 0 bridgehead atoms. The van der Waals surface area contributed by atoms with Crippen LogP contribution >= 0.6 is 11.3 Å². The van der Waals surface area contributed by atoms with Crippen LogP contribution in [0.1, 0.15) is 23.9 Å². The van der Waals surface area contributed by atoms with Crippen LogP contribution in [0.5, 0.6) is 0 Å². The van der Waals surface area contributed by atoms with Gasteiger partial charge in [0.25, 0.3) is 0 Å². The molecule has 6 heteroatoms. The molecular weight excluding hydrogens is 280 g/mol. The third-order valence-electron chi connectivity index (χ3n) is 3.29. The average Bonchev–Trinajstić information content (AvgIpc) is 3.10. The molecule has 1 saturated heterocycles. The maximum absolute atomic E-state index is 12.6. The summed E-state index contributed by atoms with van der Waals surface area (Å²) in [5.74, 6) is 0. The molecule has 0 amide bonds. The minimum Gasteiger partial charge on any atom is -0.248 e. The zero-order valence-electron chi connectivity index (χ0n) is 10.3. The summed E-state index contributed by atoms with van der Waals surface area (Å²) in [6.45, 7) is 0.571. The van der Waals surface area contributed by atoms with Gasteiger partial charge < -0.3 is 0 Å². The molecule has 0 aliphatic carbocycles. The van der Waals surface area contributed by atoms with Crippen LogP contribution < -0.4 is 0 Å². The average molecular weight is 294 g/mol. The normalized spacial score (nSPS) is 20.7. The van der Waals surface area contributed by atoms with Gasteiger partial charge in [-0.15, -0.1) is 11.3 Å². The van der Waals surface area contributed by atoms with Crippen molar-refractivity contribution in [1.29, 1.82) is 0 Å². The lowest BCUT2D eigenvalue weighted by Crippen LogP contribution is -2.30. The van der Waals surface area contributed by atoms with Crippen molar-refractivity contribution in [2.45, 2.75) is 23.8 Å². The Morgan fingerprint density at radius 1 is 1.26 bits per heavy atom. The lowest BCUT2D eigenvalue weighted by Gasteiger charge is -2.22. The molecule has 0 saturated carbocycles. The Labute approximate surface area is 116 Å². The van der Waals surface area contributed by atoms with E-state index < -0.39 is 10.0 Å². The Balaban J connectivity index is 1.97. The molecule has 4 nitrogen and oxygen atoms in total. The van der Waals surface area contributed by atoms with Gasteiger partial charge in [0.05, 0.1) is 10.9 Å². The molecule has 0 spiro atoms. The molecule has 1 aliphatic rings. The SMILES string of the molecule is O=S(=O)(c1ccccc1)N1CCCC1c1nccs1. The van der Waals surface area contributed by atoms with Crippen LogP contribution in [0.2, 0.25) is 0 Å². The molecule has 1 aliphatic heterocycles. The second kappa shape index (κ2) is 5.03. The van der Waals surface area contributed by atoms with E-state index in [4.69, 9.17) is 0 Å². The standard InChI is InChI=1S/C13H14N2O2S2/c16-19(17,11-5-2-1-3-6-11)15-9-4-7-12(15)13-14-8-10-18-13/h1-3,5-6,8,10,12H,4,7,9H2. The van der Waals surface area contributed by atoms with Crippen LogP contribution in [0.15, 0.2) is 46.8 Å². The zero-order chi connectivity index (χ0) is 13.3. The largest absolute Gasteiger partial charge is 0.248 e. The van der Waals surface area contributed by atoms with Gasteiger partial charge in [0, 0.05) is 18.1 Å². The van der Waals surface area contributed by atoms with Gasteiger partial charge in [-0.25, -0.2) is 13.4 Å². The number of nitrogens with zero attached hydrogens (tertiary/aromatic N) is 2. The Morgan fingerprint density at radius 2 is 2.05 bits per heavy atom. The maximum Gasteiger partial charge on any atom is 0.243 e. The molecule has 1 fully saturated rings. The van der Waals surface area contributed by atoms with Crippen LogP contribution in [0, 0.1) is 0 Å². The van der Waals surface area contributed by atoms with Crippen molar-refractivity contribution in [3.63, 3.8) is 0 Å². The molecule has 0 radical (unpaired) electrons. The first-order valence-corrected chi connectivity index (χ1v) is 8.48. The molecule has 1 atom stereocenters. The van der Waals surface area contributed by atoms with Crippen LogP contribution in [0.3, 0.4) is 0 Å². The maximum atomic E-state index is 12.6. The predicted molar refractivity (Wildman–Crippen MR) is 74.4 cm³/mol. The molecular formula is C13H14N2O2S2. The van der Waals surface area contributed by atoms with Gasteiger partial charge in [-0.1, -0.05) is 18.2 Å². The van der Waals surface area contributed by atoms with Crippen molar-refractivity contribution in [3.05, 3.63) is 46.9 Å². The van der Waals surface area contributed by atoms with Gasteiger partial charge in [-0.3, -0.25) is 0 Å².